The van der Waals surface area contributed by atoms with Crippen LogP contribution in [-0.2, 0) is 12.6 Å². The lowest BCUT2D eigenvalue weighted by Crippen LogP contribution is -2.24. The molecule has 6 heteroatoms. The molecule has 0 atom stereocenters. The number of benzene rings is 3. The van der Waals surface area contributed by atoms with Crippen LogP contribution in [0.25, 0.3) is 11.6 Å². The normalized spacial score (nSPS) is 13.6. The second-order valence-electron chi connectivity index (χ2n) is 7.69. The summed E-state index contributed by atoms with van der Waals surface area (Å²) >= 11 is 0. The third-order valence-electron chi connectivity index (χ3n) is 5.45. The molecular formula is C26H21F5O. The van der Waals surface area contributed by atoms with Crippen molar-refractivity contribution in [3.63, 3.8) is 0 Å². The fraction of sp³-hybridized carbons (Fsp3) is 0.231. The molecule has 0 N–H and O–H groups in total. The van der Waals surface area contributed by atoms with E-state index in [9.17, 15) is 22.0 Å². The maximum absolute atomic E-state index is 14.8. The van der Waals surface area contributed by atoms with Gasteiger partial charge in [-0.25, -0.2) is 8.78 Å². The summed E-state index contributed by atoms with van der Waals surface area (Å²) in [6.07, 6.45) is -1.24. The second-order valence-corrected chi connectivity index (χ2v) is 7.69. The van der Waals surface area contributed by atoms with Crippen LogP contribution in [0.1, 0.15) is 48.9 Å². The van der Waals surface area contributed by atoms with E-state index in [-0.39, 0.29) is 33.4 Å². The van der Waals surface area contributed by atoms with Gasteiger partial charge in [-0.3, -0.25) is 0 Å². The highest BCUT2D eigenvalue weighted by Gasteiger charge is 2.35. The molecule has 0 fully saturated rings. The molecular weight excluding hydrogens is 423 g/mol. The molecule has 1 aliphatic heterocycles. The van der Waals surface area contributed by atoms with Gasteiger partial charge in [-0.1, -0.05) is 44.5 Å². The molecule has 0 radical (unpaired) electrons. The standard InChI is InChI=1S/C26H21F5O/c1-3-7-15-11-23-18(13-21(15)27)25(17-9-5-6-10-20(17)26(29,30)31)19-14-22(28)16(8-4-2)12-24(19)32-23/h5-7,9-14H,3-4,8H2,1-2H3/b15-7-. The van der Waals surface area contributed by atoms with E-state index in [1.165, 1.54) is 42.5 Å². The Balaban J connectivity index is 2.14. The van der Waals surface area contributed by atoms with Crippen LogP contribution in [0.4, 0.5) is 22.0 Å². The van der Waals surface area contributed by atoms with E-state index in [0.29, 0.717) is 30.0 Å². The van der Waals surface area contributed by atoms with Crippen molar-refractivity contribution in [1.29, 1.82) is 0 Å². The van der Waals surface area contributed by atoms with Crippen LogP contribution in [0.3, 0.4) is 0 Å². The first-order valence-electron chi connectivity index (χ1n) is 10.5. The van der Waals surface area contributed by atoms with E-state index in [1.54, 1.807) is 6.08 Å². The first-order valence-corrected chi connectivity index (χ1v) is 10.5. The Labute approximate surface area is 182 Å². The van der Waals surface area contributed by atoms with Gasteiger partial charge in [0.15, 0.2) is 0 Å². The zero-order valence-corrected chi connectivity index (χ0v) is 17.6. The summed E-state index contributed by atoms with van der Waals surface area (Å²) in [4.78, 5) is 0. The Morgan fingerprint density at radius 1 is 0.875 bits per heavy atom. The molecule has 0 aromatic heterocycles. The Kier molecular flexibility index (Phi) is 5.80. The number of hydrogen-bond donors (Lipinski definition) is 0. The molecule has 0 bridgehead atoms. The van der Waals surface area contributed by atoms with Crippen molar-refractivity contribution in [3.8, 4) is 11.5 Å². The lowest BCUT2D eigenvalue weighted by atomic mass is 9.88. The number of aryl methyl sites for hydroxylation is 1. The van der Waals surface area contributed by atoms with Gasteiger partial charge in [-0.05, 0) is 54.3 Å². The van der Waals surface area contributed by atoms with Gasteiger partial charge in [0.25, 0.3) is 0 Å². The van der Waals surface area contributed by atoms with E-state index in [1.807, 2.05) is 13.8 Å². The molecule has 4 rings (SSSR count). The molecule has 0 amide bonds. The Bertz CT molecular complexity index is 1310. The van der Waals surface area contributed by atoms with E-state index in [4.69, 9.17) is 4.74 Å². The third-order valence-corrected chi connectivity index (χ3v) is 5.45. The molecule has 166 valence electrons. The van der Waals surface area contributed by atoms with Crippen LogP contribution < -0.4 is 15.2 Å². The quantitative estimate of drug-likeness (QED) is 0.328. The van der Waals surface area contributed by atoms with Gasteiger partial charge < -0.3 is 4.74 Å². The minimum absolute atomic E-state index is 0.0954. The third kappa shape index (κ3) is 3.90. The van der Waals surface area contributed by atoms with Gasteiger partial charge in [-0.2, -0.15) is 13.2 Å². The number of hydrogen-bond acceptors (Lipinski definition) is 1. The monoisotopic (exact) mass is 444 g/mol. The highest BCUT2D eigenvalue weighted by Crippen LogP contribution is 2.42. The van der Waals surface area contributed by atoms with E-state index in [0.717, 1.165) is 6.07 Å². The zero-order chi connectivity index (χ0) is 23.0. The van der Waals surface area contributed by atoms with Gasteiger partial charge in [0.05, 0.1) is 5.56 Å². The highest BCUT2D eigenvalue weighted by molar-refractivity contribution is 5.86. The van der Waals surface area contributed by atoms with Crippen molar-refractivity contribution < 1.29 is 26.7 Å². The van der Waals surface area contributed by atoms with Crippen molar-refractivity contribution in [2.45, 2.75) is 39.3 Å². The topological polar surface area (TPSA) is 9.23 Å². The fourth-order valence-electron chi connectivity index (χ4n) is 4.06. The van der Waals surface area contributed by atoms with E-state index in [2.05, 4.69) is 0 Å². The molecule has 1 heterocycles. The van der Waals surface area contributed by atoms with Gasteiger partial charge in [-0.15, -0.1) is 0 Å². The SMILES string of the molecule is CC/C=c1/cc2c(cc1F)=C(c1ccccc1C(F)(F)F)c1cc(F)c(CCC)cc1O2. The van der Waals surface area contributed by atoms with Gasteiger partial charge in [0.2, 0.25) is 0 Å². The minimum atomic E-state index is -4.64. The van der Waals surface area contributed by atoms with Crippen molar-refractivity contribution in [2.24, 2.45) is 0 Å². The fourth-order valence-corrected chi connectivity index (χ4v) is 4.06. The predicted octanol–water partition coefficient (Wildman–Crippen LogP) is 6.48. The number of halogens is 5. The molecule has 1 nitrogen and oxygen atoms in total. The molecule has 3 aromatic carbocycles. The van der Waals surface area contributed by atoms with Crippen molar-refractivity contribution in [3.05, 3.63) is 92.9 Å². The van der Waals surface area contributed by atoms with Crippen LogP contribution in [0.2, 0.25) is 0 Å². The molecule has 0 unspecified atom stereocenters. The first kappa shape index (κ1) is 22.1. The summed E-state index contributed by atoms with van der Waals surface area (Å²) in [5.41, 5.74) is -0.353. The van der Waals surface area contributed by atoms with Gasteiger partial charge in [0, 0.05) is 21.6 Å². The maximum atomic E-state index is 14.8. The summed E-state index contributed by atoms with van der Waals surface area (Å²) < 4.78 is 77.2. The number of fused-ring (bicyclic) bond motifs is 2. The number of alkyl halides is 3. The van der Waals surface area contributed by atoms with Crippen molar-refractivity contribution >= 4 is 11.6 Å². The number of ether oxygens (including phenoxy) is 1. The van der Waals surface area contributed by atoms with Crippen molar-refractivity contribution in [2.75, 3.05) is 0 Å². The molecule has 0 spiro atoms. The Hall–Kier alpha value is -3.15. The molecule has 32 heavy (non-hydrogen) atoms. The lowest BCUT2D eigenvalue weighted by Gasteiger charge is -2.24. The number of rotatable bonds is 4. The largest absolute Gasteiger partial charge is 0.456 e. The first-order chi connectivity index (χ1) is 15.2. The van der Waals surface area contributed by atoms with Crippen molar-refractivity contribution in [1.82, 2.24) is 0 Å². The summed E-state index contributed by atoms with van der Waals surface area (Å²) in [5.74, 6) is -0.623. The van der Waals surface area contributed by atoms with Gasteiger partial charge in [0.1, 0.15) is 23.1 Å². The van der Waals surface area contributed by atoms with Crippen LogP contribution in [-0.4, -0.2) is 0 Å². The summed E-state index contributed by atoms with van der Waals surface area (Å²) in [7, 11) is 0. The Morgan fingerprint density at radius 3 is 2.31 bits per heavy atom. The van der Waals surface area contributed by atoms with Crippen LogP contribution >= 0.6 is 0 Å². The summed E-state index contributed by atoms with van der Waals surface area (Å²) in [5, 5.41) is 0.455. The highest BCUT2D eigenvalue weighted by atomic mass is 19.4. The van der Waals surface area contributed by atoms with E-state index < -0.39 is 23.4 Å². The van der Waals surface area contributed by atoms with E-state index >= 15 is 0 Å². The average Bonchev–Trinajstić information content (AvgIpc) is 2.74. The molecule has 1 aliphatic rings. The molecule has 3 aromatic rings. The predicted molar refractivity (Wildman–Crippen MR) is 114 cm³/mol. The molecule has 0 saturated carbocycles. The van der Waals surface area contributed by atoms with Crippen LogP contribution in [0.15, 0.2) is 48.5 Å². The maximum Gasteiger partial charge on any atom is 0.417 e. The minimum Gasteiger partial charge on any atom is -0.456 e. The molecule has 0 saturated heterocycles. The van der Waals surface area contributed by atoms with Crippen LogP contribution in [0, 0.1) is 11.6 Å². The van der Waals surface area contributed by atoms with Crippen LogP contribution in [0.5, 0.6) is 11.5 Å². The summed E-state index contributed by atoms with van der Waals surface area (Å²) in [6.45, 7) is 3.76. The Morgan fingerprint density at radius 2 is 1.62 bits per heavy atom. The average molecular weight is 444 g/mol. The smallest absolute Gasteiger partial charge is 0.417 e. The lowest BCUT2D eigenvalue weighted by molar-refractivity contribution is -0.137. The molecule has 0 aliphatic carbocycles. The van der Waals surface area contributed by atoms with Gasteiger partial charge >= 0.3 is 6.18 Å². The zero-order valence-electron chi connectivity index (χ0n) is 17.6. The summed E-state index contributed by atoms with van der Waals surface area (Å²) in [6, 6.07) is 10.4. The second kappa shape index (κ2) is 8.41.